The molecule has 0 bridgehead atoms. The highest BCUT2D eigenvalue weighted by Gasteiger charge is 2.05. The van der Waals surface area contributed by atoms with Crippen molar-refractivity contribution in [2.24, 2.45) is 0 Å². The fourth-order valence-corrected chi connectivity index (χ4v) is 2.03. The monoisotopic (exact) mass is 317 g/mol. The predicted octanol–water partition coefficient (Wildman–Crippen LogP) is 0.357. The van der Waals surface area contributed by atoms with Crippen LogP contribution in [0.15, 0.2) is 48.8 Å². The van der Waals surface area contributed by atoms with Gasteiger partial charge in [-0.25, -0.2) is 4.79 Å². The molecule has 0 aliphatic heterocycles. The van der Waals surface area contributed by atoms with Crippen molar-refractivity contribution in [3.05, 3.63) is 65.5 Å². The van der Waals surface area contributed by atoms with Crippen LogP contribution in [0, 0.1) is 0 Å². The highest BCUT2D eigenvalue weighted by molar-refractivity contribution is 5.69. The van der Waals surface area contributed by atoms with Gasteiger partial charge in [0, 0.05) is 12.1 Å². The Kier molecular flexibility index (Phi) is 6.80. The number of halogens is 1. The predicted molar refractivity (Wildman–Crippen MR) is 83.7 cm³/mol. The molecule has 0 aliphatic rings. The van der Waals surface area contributed by atoms with E-state index in [9.17, 15) is 4.79 Å². The standard InChI is InChI=1S/C18H19NO2.ClH/c1-14(2)17-7-5-15(6-8-17)3-4-16-9-11-19(12-10-16)13-18(20)21;/h3-12,14H,13H2,1-2H3;1H/b4-3-;. The van der Waals surface area contributed by atoms with E-state index in [1.54, 1.807) is 17.0 Å². The number of hydrogen-bond donors (Lipinski definition) is 1. The summed E-state index contributed by atoms with van der Waals surface area (Å²) in [6.07, 6.45) is 7.63. The van der Waals surface area contributed by atoms with Crippen LogP contribution >= 0.6 is 0 Å². The van der Waals surface area contributed by atoms with Crippen molar-refractivity contribution >= 4 is 18.1 Å². The lowest BCUT2D eigenvalue weighted by atomic mass is 10.0. The van der Waals surface area contributed by atoms with Gasteiger partial charge in [0.25, 0.3) is 0 Å². The number of nitrogens with zero attached hydrogens (tertiary/aromatic N) is 1. The van der Waals surface area contributed by atoms with Crippen molar-refractivity contribution < 1.29 is 26.9 Å². The lowest BCUT2D eigenvalue weighted by Crippen LogP contribution is -3.00. The van der Waals surface area contributed by atoms with Crippen molar-refractivity contribution in [3.8, 4) is 0 Å². The van der Waals surface area contributed by atoms with Gasteiger partial charge in [0.15, 0.2) is 12.4 Å². The molecule has 2 rings (SSSR count). The van der Waals surface area contributed by atoms with E-state index < -0.39 is 5.97 Å². The number of benzene rings is 1. The summed E-state index contributed by atoms with van der Waals surface area (Å²) in [5.41, 5.74) is 3.54. The lowest BCUT2D eigenvalue weighted by molar-refractivity contribution is -0.685. The Morgan fingerprint density at radius 2 is 1.55 bits per heavy atom. The Hall–Kier alpha value is -2.13. The molecule has 0 atom stereocenters. The molecular weight excluding hydrogens is 298 g/mol. The average molecular weight is 318 g/mol. The van der Waals surface area contributed by atoms with Gasteiger partial charge in [0.05, 0.1) is 0 Å². The first-order valence-electron chi connectivity index (χ1n) is 7.03. The highest BCUT2D eigenvalue weighted by atomic mass is 35.5. The van der Waals surface area contributed by atoms with Crippen molar-refractivity contribution in [2.75, 3.05) is 0 Å². The maximum Gasteiger partial charge on any atom is 0.370 e. The Balaban J connectivity index is 0.00000242. The fraction of sp³-hybridized carbons (Fsp3) is 0.222. The Bertz CT molecular complexity index is 631. The van der Waals surface area contributed by atoms with Gasteiger partial charge in [-0.3, -0.25) is 0 Å². The average Bonchev–Trinajstić information content (AvgIpc) is 2.46. The van der Waals surface area contributed by atoms with E-state index in [-0.39, 0.29) is 19.0 Å². The first-order chi connectivity index (χ1) is 10.0. The van der Waals surface area contributed by atoms with Gasteiger partial charge in [-0.1, -0.05) is 50.3 Å². The third-order valence-electron chi connectivity index (χ3n) is 3.31. The van der Waals surface area contributed by atoms with Gasteiger partial charge in [0.1, 0.15) is 0 Å². The van der Waals surface area contributed by atoms with Crippen molar-refractivity contribution in [1.29, 1.82) is 0 Å². The summed E-state index contributed by atoms with van der Waals surface area (Å²) in [5, 5.41) is 8.71. The zero-order chi connectivity index (χ0) is 15.2. The number of carboxylic acid groups (broad SMARTS) is 1. The third-order valence-corrected chi connectivity index (χ3v) is 3.31. The smallest absolute Gasteiger partial charge is 0.370 e. The van der Waals surface area contributed by atoms with E-state index in [2.05, 4.69) is 44.2 Å². The molecule has 22 heavy (non-hydrogen) atoms. The number of aliphatic carboxylic acids is 1. The highest BCUT2D eigenvalue weighted by Crippen LogP contribution is 2.16. The van der Waals surface area contributed by atoms with E-state index in [0.717, 1.165) is 11.1 Å². The summed E-state index contributed by atoms with van der Waals surface area (Å²) in [6, 6.07) is 12.3. The largest absolute Gasteiger partial charge is 1.00 e. The van der Waals surface area contributed by atoms with Crippen LogP contribution in [-0.4, -0.2) is 11.1 Å². The summed E-state index contributed by atoms with van der Waals surface area (Å²) in [5.74, 6) is -0.296. The van der Waals surface area contributed by atoms with Crippen molar-refractivity contribution in [2.45, 2.75) is 26.3 Å². The summed E-state index contributed by atoms with van der Waals surface area (Å²) < 4.78 is 1.64. The summed E-state index contributed by atoms with van der Waals surface area (Å²) >= 11 is 0. The quantitative estimate of drug-likeness (QED) is 0.809. The molecule has 0 saturated heterocycles. The molecule has 0 radical (unpaired) electrons. The third kappa shape index (κ3) is 5.34. The Morgan fingerprint density at radius 1 is 1.05 bits per heavy atom. The van der Waals surface area contributed by atoms with Crippen LogP contribution < -0.4 is 17.0 Å². The van der Waals surface area contributed by atoms with E-state index in [4.69, 9.17) is 5.11 Å². The molecule has 0 aliphatic carbocycles. The fourth-order valence-electron chi connectivity index (χ4n) is 2.03. The van der Waals surface area contributed by atoms with E-state index in [0.29, 0.717) is 5.92 Å². The minimum Gasteiger partial charge on any atom is -1.00 e. The van der Waals surface area contributed by atoms with Crippen LogP contribution in [0.4, 0.5) is 0 Å². The molecule has 4 heteroatoms. The zero-order valence-electron chi connectivity index (χ0n) is 12.7. The van der Waals surface area contributed by atoms with E-state index >= 15 is 0 Å². The number of pyridine rings is 1. The zero-order valence-corrected chi connectivity index (χ0v) is 13.5. The second-order valence-electron chi connectivity index (χ2n) is 5.35. The molecule has 0 fully saturated rings. The van der Waals surface area contributed by atoms with Crippen LogP contribution in [-0.2, 0) is 11.3 Å². The van der Waals surface area contributed by atoms with Gasteiger partial charge in [0.2, 0.25) is 6.54 Å². The van der Waals surface area contributed by atoms with Crippen molar-refractivity contribution in [1.82, 2.24) is 0 Å². The van der Waals surface area contributed by atoms with Gasteiger partial charge in [-0.2, -0.15) is 4.57 Å². The second-order valence-corrected chi connectivity index (χ2v) is 5.35. The molecule has 1 N–H and O–H groups in total. The Morgan fingerprint density at radius 3 is 2.00 bits per heavy atom. The van der Waals surface area contributed by atoms with E-state index in [1.165, 1.54) is 5.56 Å². The second kappa shape index (κ2) is 8.35. The molecule has 3 nitrogen and oxygen atoms in total. The van der Waals surface area contributed by atoms with Gasteiger partial charge in [-0.05, 0) is 22.6 Å². The summed E-state index contributed by atoms with van der Waals surface area (Å²) in [7, 11) is 0. The Labute approximate surface area is 137 Å². The maximum absolute atomic E-state index is 10.6. The number of rotatable bonds is 5. The topological polar surface area (TPSA) is 41.2 Å². The van der Waals surface area contributed by atoms with Crippen molar-refractivity contribution in [3.63, 3.8) is 0 Å². The van der Waals surface area contributed by atoms with Crippen LogP contribution in [0.3, 0.4) is 0 Å². The minimum absolute atomic E-state index is 0. The van der Waals surface area contributed by atoms with Gasteiger partial charge < -0.3 is 17.5 Å². The lowest BCUT2D eigenvalue weighted by Gasteiger charge is -2.04. The molecule has 1 aromatic heterocycles. The van der Waals surface area contributed by atoms with Gasteiger partial charge >= 0.3 is 5.97 Å². The first-order valence-corrected chi connectivity index (χ1v) is 7.03. The number of hydrogen-bond acceptors (Lipinski definition) is 1. The van der Waals surface area contributed by atoms with E-state index in [1.807, 2.05) is 18.2 Å². The SMILES string of the molecule is CC(C)c1ccc(/C=C\c2cc[n+](CC(=O)O)cc2)cc1.[Cl-]. The molecule has 0 unspecified atom stereocenters. The van der Waals surface area contributed by atoms with Crippen LogP contribution in [0.5, 0.6) is 0 Å². The normalized spacial score (nSPS) is 10.7. The molecule has 2 aromatic rings. The first kappa shape index (κ1) is 17.9. The molecular formula is C18H20ClNO2. The minimum atomic E-state index is -0.839. The summed E-state index contributed by atoms with van der Waals surface area (Å²) in [6.45, 7) is 4.35. The number of carbonyl (C=O) groups is 1. The molecule has 1 aromatic carbocycles. The van der Waals surface area contributed by atoms with Crippen LogP contribution in [0.25, 0.3) is 12.2 Å². The number of aromatic nitrogens is 1. The molecule has 0 saturated carbocycles. The van der Waals surface area contributed by atoms with Crippen LogP contribution in [0.2, 0.25) is 0 Å². The molecule has 0 amide bonds. The summed E-state index contributed by atoms with van der Waals surface area (Å²) in [4.78, 5) is 10.6. The van der Waals surface area contributed by atoms with Gasteiger partial charge in [-0.15, -0.1) is 0 Å². The maximum atomic E-state index is 10.6. The molecule has 1 heterocycles. The molecule has 116 valence electrons. The molecule has 0 spiro atoms. The van der Waals surface area contributed by atoms with Crippen LogP contribution in [0.1, 0.15) is 36.5 Å². The number of carboxylic acids is 1.